The Kier molecular flexibility index (Phi) is 5.68. The molecule has 134 valence electrons. The van der Waals surface area contributed by atoms with Gasteiger partial charge >= 0.3 is 0 Å². The molecule has 26 heavy (non-hydrogen) atoms. The van der Waals surface area contributed by atoms with Crippen LogP contribution in [0, 0.1) is 0 Å². The Morgan fingerprint density at radius 2 is 2.04 bits per heavy atom. The van der Waals surface area contributed by atoms with E-state index in [2.05, 4.69) is 33.2 Å². The first kappa shape index (κ1) is 18.5. The SMILES string of the molecule is CCc1ccc(N=C2NC(=O)/C(=C/c3cc(Br)c(O)c(OC)c3)S2)cc1. The normalized spacial score (nSPS) is 17.0. The molecule has 0 bridgehead atoms. The molecule has 0 aromatic heterocycles. The van der Waals surface area contributed by atoms with Crippen molar-refractivity contribution in [2.24, 2.45) is 4.99 Å². The molecular weight excluding hydrogens is 416 g/mol. The highest BCUT2D eigenvalue weighted by Crippen LogP contribution is 2.37. The predicted octanol–water partition coefficient (Wildman–Crippen LogP) is 4.62. The van der Waals surface area contributed by atoms with Crippen molar-refractivity contribution in [2.45, 2.75) is 13.3 Å². The van der Waals surface area contributed by atoms with Crippen LogP contribution in [-0.2, 0) is 11.2 Å². The monoisotopic (exact) mass is 432 g/mol. The van der Waals surface area contributed by atoms with Gasteiger partial charge in [0.05, 0.1) is 22.2 Å². The molecule has 2 aromatic carbocycles. The minimum atomic E-state index is -0.206. The number of carbonyl (C=O) groups excluding carboxylic acids is 1. The number of rotatable bonds is 4. The second-order valence-corrected chi connectivity index (χ2v) is 7.44. The largest absolute Gasteiger partial charge is 0.503 e. The van der Waals surface area contributed by atoms with E-state index in [-0.39, 0.29) is 11.7 Å². The van der Waals surface area contributed by atoms with Gasteiger partial charge in [-0.2, -0.15) is 0 Å². The van der Waals surface area contributed by atoms with Crippen LogP contribution in [0.15, 0.2) is 50.8 Å². The number of hydrogen-bond acceptors (Lipinski definition) is 5. The van der Waals surface area contributed by atoms with Gasteiger partial charge in [0.25, 0.3) is 5.91 Å². The van der Waals surface area contributed by atoms with Crippen LogP contribution in [0.1, 0.15) is 18.1 Å². The summed E-state index contributed by atoms with van der Waals surface area (Å²) in [6, 6.07) is 11.3. The molecule has 0 saturated carbocycles. The maximum absolute atomic E-state index is 12.2. The summed E-state index contributed by atoms with van der Waals surface area (Å²) in [5.74, 6) is 0.151. The molecule has 2 N–H and O–H groups in total. The van der Waals surface area contributed by atoms with Crippen molar-refractivity contribution in [3.05, 3.63) is 56.9 Å². The van der Waals surface area contributed by atoms with Crippen molar-refractivity contribution in [3.8, 4) is 11.5 Å². The van der Waals surface area contributed by atoms with Gasteiger partial charge in [-0.1, -0.05) is 19.1 Å². The predicted molar refractivity (Wildman–Crippen MR) is 109 cm³/mol. The fourth-order valence-corrected chi connectivity index (χ4v) is 3.69. The lowest BCUT2D eigenvalue weighted by molar-refractivity contribution is -0.115. The zero-order valence-electron chi connectivity index (χ0n) is 14.2. The standard InChI is InChI=1S/C19H17BrN2O3S/c1-3-11-4-6-13(7-5-11)21-19-22-18(24)16(26-19)10-12-8-14(20)17(23)15(9-12)25-2/h4-10,23H,3H2,1-2H3,(H,21,22,24)/b16-10-. The molecule has 2 aromatic rings. The fourth-order valence-electron chi connectivity index (χ4n) is 2.39. The highest BCUT2D eigenvalue weighted by molar-refractivity contribution is 9.10. The van der Waals surface area contributed by atoms with E-state index in [0.717, 1.165) is 17.7 Å². The summed E-state index contributed by atoms with van der Waals surface area (Å²) in [5.41, 5.74) is 2.77. The number of thioether (sulfide) groups is 1. The Morgan fingerprint density at radius 1 is 1.31 bits per heavy atom. The number of benzene rings is 2. The van der Waals surface area contributed by atoms with E-state index in [0.29, 0.717) is 20.3 Å². The van der Waals surface area contributed by atoms with Crippen molar-refractivity contribution >= 4 is 50.5 Å². The van der Waals surface area contributed by atoms with Crippen LogP contribution in [0.25, 0.3) is 6.08 Å². The van der Waals surface area contributed by atoms with Crippen LogP contribution in [0.4, 0.5) is 5.69 Å². The number of ether oxygens (including phenoxy) is 1. The van der Waals surface area contributed by atoms with Gasteiger partial charge in [-0.25, -0.2) is 4.99 Å². The Bertz CT molecular complexity index is 908. The molecule has 0 radical (unpaired) electrons. The summed E-state index contributed by atoms with van der Waals surface area (Å²) >= 11 is 4.55. The molecule has 0 atom stereocenters. The van der Waals surface area contributed by atoms with Gasteiger partial charge in [-0.05, 0) is 75.6 Å². The Morgan fingerprint density at radius 3 is 2.69 bits per heavy atom. The number of amides is 1. The molecule has 1 aliphatic heterocycles. The number of nitrogens with one attached hydrogen (secondary N) is 1. The number of methoxy groups -OCH3 is 1. The first-order valence-electron chi connectivity index (χ1n) is 7.95. The van der Waals surface area contributed by atoms with Crippen molar-refractivity contribution < 1.29 is 14.6 Å². The molecule has 0 aliphatic carbocycles. The number of phenols is 1. The molecule has 1 heterocycles. The van der Waals surface area contributed by atoms with E-state index < -0.39 is 0 Å². The lowest BCUT2D eigenvalue weighted by Crippen LogP contribution is -2.19. The molecule has 7 heteroatoms. The first-order chi connectivity index (χ1) is 12.5. The van der Waals surface area contributed by atoms with Crippen LogP contribution in [0.2, 0.25) is 0 Å². The molecule has 0 unspecified atom stereocenters. The number of aromatic hydroxyl groups is 1. The number of hydrogen-bond donors (Lipinski definition) is 2. The second kappa shape index (κ2) is 7.97. The number of aryl methyl sites for hydroxylation is 1. The molecule has 5 nitrogen and oxygen atoms in total. The molecule has 1 amide bonds. The summed E-state index contributed by atoms with van der Waals surface area (Å²) in [7, 11) is 1.48. The summed E-state index contributed by atoms with van der Waals surface area (Å²) < 4.78 is 5.63. The van der Waals surface area contributed by atoms with Crippen LogP contribution in [0.5, 0.6) is 11.5 Å². The van der Waals surface area contributed by atoms with E-state index in [1.54, 1.807) is 18.2 Å². The lowest BCUT2D eigenvalue weighted by atomic mass is 10.2. The summed E-state index contributed by atoms with van der Waals surface area (Å²) in [4.78, 5) is 17.2. The molecule has 3 rings (SSSR count). The van der Waals surface area contributed by atoms with Crippen LogP contribution >= 0.6 is 27.7 Å². The highest BCUT2D eigenvalue weighted by atomic mass is 79.9. The van der Waals surface area contributed by atoms with Gasteiger partial charge in [0, 0.05) is 0 Å². The summed E-state index contributed by atoms with van der Waals surface area (Å²) in [6.07, 6.45) is 2.70. The third-order valence-electron chi connectivity index (χ3n) is 3.79. The van der Waals surface area contributed by atoms with Crippen molar-refractivity contribution in [3.63, 3.8) is 0 Å². The molecule has 1 aliphatic rings. The smallest absolute Gasteiger partial charge is 0.264 e. The van der Waals surface area contributed by atoms with Crippen LogP contribution < -0.4 is 10.1 Å². The Labute approximate surface area is 164 Å². The van der Waals surface area contributed by atoms with E-state index in [1.165, 1.54) is 24.4 Å². The maximum Gasteiger partial charge on any atom is 0.264 e. The van der Waals surface area contributed by atoms with Crippen molar-refractivity contribution in [2.75, 3.05) is 7.11 Å². The topological polar surface area (TPSA) is 70.9 Å². The van der Waals surface area contributed by atoms with Gasteiger partial charge in [0.1, 0.15) is 0 Å². The zero-order chi connectivity index (χ0) is 18.7. The molecular formula is C19H17BrN2O3S. The fraction of sp³-hybridized carbons (Fsp3) is 0.158. The quantitative estimate of drug-likeness (QED) is 0.691. The average Bonchev–Trinajstić information content (AvgIpc) is 2.97. The molecule has 0 spiro atoms. The van der Waals surface area contributed by atoms with Crippen LogP contribution in [0.3, 0.4) is 0 Å². The van der Waals surface area contributed by atoms with Gasteiger partial charge in [0.2, 0.25) is 0 Å². The number of phenolic OH excluding ortho intramolecular Hbond substituents is 1. The average molecular weight is 433 g/mol. The van der Waals surface area contributed by atoms with Crippen molar-refractivity contribution in [1.82, 2.24) is 5.32 Å². The van der Waals surface area contributed by atoms with E-state index in [4.69, 9.17) is 4.74 Å². The van der Waals surface area contributed by atoms with Crippen LogP contribution in [-0.4, -0.2) is 23.3 Å². The van der Waals surface area contributed by atoms with E-state index >= 15 is 0 Å². The van der Waals surface area contributed by atoms with Gasteiger partial charge in [-0.15, -0.1) is 0 Å². The van der Waals surface area contributed by atoms with Gasteiger partial charge < -0.3 is 15.2 Å². The third-order valence-corrected chi connectivity index (χ3v) is 5.31. The highest BCUT2D eigenvalue weighted by Gasteiger charge is 2.24. The van der Waals surface area contributed by atoms with Gasteiger partial charge in [-0.3, -0.25) is 4.79 Å². The van der Waals surface area contributed by atoms with E-state index in [1.807, 2.05) is 24.3 Å². The van der Waals surface area contributed by atoms with E-state index in [9.17, 15) is 9.90 Å². The number of nitrogens with zero attached hydrogens (tertiary/aromatic N) is 1. The van der Waals surface area contributed by atoms with Gasteiger partial charge in [0.15, 0.2) is 16.7 Å². The maximum atomic E-state index is 12.2. The minimum absolute atomic E-state index is 0.0240. The Balaban J connectivity index is 1.84. The summed E-state index contributed by atoms with van der Waals surface area (Å²) in [5, 5.41) is 13.2. The number of carbonyl (C=O) groups is 1. The number of halogens is 1. The second-order valence-electron chi connectivity index (χ2n) is 5.56. The summed E-state index contributed by atoms with van der Waals surface area (Å²) in [6.45, 7) is 2.10. The lowest BCUT2D eigenvalue weighted by Gasteiger charge is -2.06. The Hall–Kier alpha value is -2.25. The minimum Gasteiger partial charge on any atom is -0.503 e. The first-order valence-corrected chi connectivity index (χ1v) is 9.56. The number of aliphatic imine (C=N–C) groups is 1. The molecule has 1 fully saturated rings. The molecule has 1 saturated heterocycles. The number of amidine groups is 1. The zero-order valence-corrected chi connectivity index (χ0v) is 16.6. The van der Waals surface area contributed by atoms with Crippen molar-refractivity contribution in [1.29, 1.82) is 0 Å². The third kappa shape index (κ3) is 4.11.